The number of benzene rings is 1. The van der Waals surface area contributed by atoms with Crippen molar-refractivity contribution in [2.45, 2.75) is 56.0 Å². The van der Waals surface area contributed by atoms with Gasteiger partial charge in [-0.15, -0.1) is 10.2 Å². The van der Waals surface area contributed by atoms with Crippen molar-refractivity contribution in [3.05, 3.63) is 47.7 Å². The summed E-state index contributed by atoms with van der Waals surface area (Å²) in [6.45, 7) is 8.16. The Labute approximate surface area is 206 Å². The molecule has 3 rings (SSSR count). The second kappa shape index (κ2) is 11.5. The summed E-state index contributed by atoms with van der Waals surface area (Å²) in [5.41, 5.74) is 0.728. The number of anilines is 1. The van der Waals surface area contributed by atoms with E-state index in [1.807, 2.05) is 0 Å². The van der Waals surface area contributed by atoms with Crippen molar-refractivity contribution in [1.82, 2.24) is 15.2 Å². The number of carbonyl (C=O) groups is 2. The van der Waals surface area contributed by atoms with Crippen LogP contribution < -0.4 is 10.1 Å². The number of aromatic nitrogens is 3. The molecule has 3 aromatic rings. The number of ether oxygens (including phenoxy) is 1. The zero-order valence-corrected chi connectivity index (χ0v) is 21.2. The fraction of sp³-hybridized carbons (Fsp3) is 0.435. The minimum absolute atomic E-state index is 0.0932. The SMILES string of the molecule is CC(CCOc1ccc(CC(=O)Nc2nnc(SCc3ncc(C(C)(C)C)o3)s2)cc1)C(=O)O. The molecule has 0 spiro atoms. The topological polar surface area (TPSA) is 127 Å². The van der Waals surface area contributed by atoms with E-state index in [-0.39, 0.29) is 17.7 Å². The van der Waals surface area contributed by atoms with E-state index in [1.165, 1.54) is 23.1 Å². The summed E-state index contributed by atoms with van der Waals surface area (Å²) in [7, 11) is 0. The van der Waals surface area contributed by atoms with E-state index in [0.29, 0.717) is 39.9 Å². The second-order valence-corrected chi connectivity index (χ2v) is 11.0. The monoisotopic (exact) mass is 504 g/mol. The first-order chi connectivity index (χ1) is 16.1. The Bertz CT molecular complexity index is 1110. The Morgan fingerprint density at radius 2 is 1.97 bits per heavy atom. The summed E-state index contributed by atoms with van der Waals surface area (Å²) in [5, 5.41) is 20.2. The van der Waals surface area contributed by atoms with Crippen LogP contribution in [0.15, 0.2) is 39.2 Å². The highest BCUT2D eigenvalue weighted by molar-refractivity contribution is 8.00. The second-order valence-electron chi connectivity index (χ2n) is 8.78. The van der Waals surface area contributed by atoms with E-state index in [2.05, 4.69) is 41.3 Å². The highest BCUT2D eigenvalue weighted by Crippen LogP contribution is 2.30. The first-order valence-corrected chi connectivity index (χ1v) is 12.6. The van der Waals surface area contributed by atoms with Crippen molar-refractivity contribution in [2.75, 3.05) is 11.9 Å². The first kappa shape index (κ1) is 25.7. The highest BCUT2D eigenvalue weighted by atomic mass is 32.2. The summed E-state index contributed by atoms with van der Waals surface area (Å²) in [5.74, 6) is 1.13. The van der Waals surface area contributed by atoms with Crippen LogP contribution in [0.1, 0.15) is 51.3 Å². The molecule has 1 amide bonds. The molecule has 0 fully saturated rings. The van der Waals surface area contributed by atoms with Crippen molar-refractivity contribution in [1.29, 1.82) is 0 Å². The number of hydrogen-bond acceptors (Lipinski definition) is 9. The Kier molecular flexibility index (Phi) is 8.67. The van der Waals surface area contributed by atoms with Crippen molar-refractivity contribution < 1.29 is 23.8 Å². The summed E-state index contributed by atoms with van der Waals surface area (Å²) in [6.07, 6.45) is 2.36. The van der Waals surface area contributed by atoms with Gasteiger partial charge in [0.25, 0.3) is 0 Å². The van der Waals surface area contributed by atoms with E-state index in [0.717, 1.165) is 11.3 Å². The molecule has 2 aromatic heterocycles. The molecule has 0 saturated carbocycles. The van der Waals surface area contributed by atoms with Crippen molar-refractivity contribution in [3.8, 4) is 5.75 Å². The first-order valence-electron chi connectivity index (χ1n) is 10.8. The van der Waals surface area contributed by atoms with Gasteiger partial charge < -0.3 is 19.6 Å². The number of nitrogens with zero attached hydrogens (tertiary/aromatic N) is 3. The number of aliphatic carboxylic acids is 1. The maximum atomic E-state index is 12.4. The fourth-order valence-electron chi connectivity index (χ4n) is 2.70. The molecule has 1 aromatic carbocycles. The van der Waals surface area contributed by atoms with Gasteiger partial charge in [0.15, 0.2) is 4.34 Å². The lowest BCUT2D eigenvalue weighted by Gasteiger charge is -2.12. The van der Waals surface area contributed by atoms with Crippen LogP contribution >= 0.6 is 23.1 Å². The van der Waals surface area contributed by atoms with Gasteiger partial charge in [-0.05, 0) is 24.1 Å². The molecule has 0 radical (unpaired) electrons. The Morgan fingerprint density at radius 3 is 2.62 bits per heavy atom. The number of hydrogen-bond donors (Lipinski definition) is 2. The molecule has 0 aliphatic rings. The minimum atomic E-state index is -0.838. The van der Waals surface area contributed by atoms with Gasteiger partial charge in [0.2, 0.25) is 16.9 Å². The van der Waals surface area contributed by atoms with Gasteiger partial charge in [-0.2, -0.15) is 0 Å². The average Bonchev–Trinajstić information content (AvgIpc) is 3.42. The van der Waals surface area contributed by atoms with Crippen LogP contribution in [-0.4, -0.2) is 38.8 Å². The molecule has 0 saturated heterocycles. The standard InChI is InChI=1S/C23H28N4O5S2/c1-14(20(29)30)9-10-31-16-7-5-15(6-8-16)11-18(28)25-21-26-27-22(34-21)33-13-19-24-12-17(32-19)23(2,3)4/h5-8,12,14H,9-11,13H2,1-4H3,(H,29,30)(H,25,26,28). The number of amides is 1. The molecule has 0 aliphatic carbocycles. The van der Waals surface area contributed by atoms with E-state index in [4.69, 9.17) is 14.3 Å². The minimum Gasteiger partial charge on any atom is -0.494 e. The summed E-state index contributed by atoms with van der Waals surface area (Å²) < 4.78 is 12.1. The normalized spacial score (nSPS) is 12.4. The Morgan fingerprint density at radius 1 is 1.24 bits per heavy atom. The third-order valence-electron chi connectivity index (χ3n) is 4.79. The number of oxazole rings is 1. The molecular weight excluding hydrogens is 476 g/mol. The molecule has 0 aliphatic heterocycles. The van der Waals surface area contributed by atoms with E-state index >= 15 is 0 Å². The molecule has 11 heteroatoms. The summed E-state index contributed by atoms with van der Waals surface area (Å²) >= 11 is 2.75. The Hall–Kier alpha value is -2.92. The predicted molar refractivity (Wildman–Crippen MR) is 130 cm³/mol. The predicted octanol–water partition coefficient (Wildman–Crippen LogP) is 4.79. The van der Waals surface area contributed by atoms with Gasteiger partial charge in [-0.1, -0.05) is 62.9 Å². The van der Waals surface area contributed by atoms with Gasteiger partial charge in [0.1, 0.15) is 11.5 Å². The van der Waals surface area contributed by atoms with Gasteiger partial charge in [-0.25, -0.2) is 4.98 Å². The van der Waals surface area contributed by atoms with Crippen LogP contribution in [0.25, 0.3) is 0 Å². The van der Waals surface area contributed by atoms with E-state index < -0.39 is 11.9 Å². The number of carboxylic acids is 1. The summed E-state index contributed by atoms with van der Waals surface area (Å²) in [4.78, 5) is 27.5. The number of nitrogens with one attached hydrogen (secondary N) is 1. The Balaban J connectivity index is 1.43. The van der Waals surface area contributed by atoms with Crippen molar-refractivity contribution in [2.24, 2.45) is 5.92 Å². The van der Waals surface area contributed by atoms with Crippen LogP contribution in [-0.2, 0) is 27.2 Å². The smallest absolute Gasteiger partial charge is 0.306 e. The van der Waals surface area contributed by atoms with Crippen LogP contribution in [0.4, 0.5) is 5.13 Å². The maximum Gasteiger partial charge on any atom is 0.306 e. The van der Waals surface area contributed by atoms with Gasteiger partial charge in [-0.3, -0.25) is 9.59 Å². The largest absolute Gasteiger partial charge is 0.494 e. The lowest BCUT2D eigenvalue weighted by molar-refractivity contribution is -0.141. The van der Waals surface area contributed by atoms with Crippen molar-refractivity contribution >= 4 is 40.1 Å². The number of carbonyl (C=O) groups excluding carboxylic acids is 1. The average molecular weight is 505 g/mol. The number of thioether (sulfide) groups is 1. The molecule has 9 nitrogen and oxygen atoms in total. The number of rotatable bonds is 11. The lowest BCUT2D eigenvalue weighted by atomic mass is 9.94. The van der Waals surface area contributed by atoms with E-state index in [9.17, 15) is 9.59 Å². The zero-order chi connectivity index (χ0) is 24.7. The molecule has 0 bridgehead atoms. The van der Waals surface area contributed by atoms with Crippen LogP contribution in [0.5, 0.6) is 5.75 Å². The molecule has 182 valence electrons. The van der Waals surface area contributed by atoms with Gasteiger partial charge >= 0.3 is 5.97 Å². The molecule has 2 heterocycles. The van der Waals surface area contributed by atoms with Crippen LogP contribution in [0.2, 0.25) is 0 Å². The quantitative estimate of drug-likeness (QED) is 0.280. The molecule has 2 N–H and O–H groups in total. The van der Waals surface area contributed by atoms with Gasteiger partial charge in [0, 0.05) is 5.41 Å². The third-order valence-corrected chi connectivity index (χ3v) is 6.75. The summed E-state index contributed by atoms with van der Waals surface area (Å²) in [6, 6.07) is 7.14. The number of carboxylic acid groups (broad SMARTS) is 1. The third kappa shape index (κ3) is 7.84. The van der Waals surface area contributed by atoms with Gasteiger partial charge in [0.05, 0.1) is 30.9 Å². The maximum absolute atomic E-state index is 12.4. The van der Waals surface area contributed by atoms with E-state index in [1.54, 1.807) is 37.4 Å². The molecule has 1 atom stereocenters. The lowest BCUT2D eigenvalue weighted by Crippen LogP contribution is -2.14. The zero-order valence-electron chi connectivity index (χ0n) is 19.5. The molecule has 1 unspecified atom stereocenters. The highest BCUT2D eigenvalue weighted by Gasteiger charge is 2.19. The molecular formula is C23H28N4O5S2. The van der Waals surface area contributed by atoms with Crippen LogP contribution in [0, 0.1) is 5.92 Å². The fourth-order valence-corrected chi connectivity index (χ4v) is 4.32. The molecule has 34 heavy (non-hydrogen) atoms. The van der Waals surface area contributed by atoms with Crippen LogP contribution in [0.3, 0.4) is 0 Å². The van der Waals surface area contributed by atoms with Crippen molar-refractivity contribution in [3.63, 3.8) is 0 Å².